The third-order valence-corrected chi connectivity index (χ3v) is 8.09. The summed E-state index contributed by atoms with van der Waals surface area (Å²) in [5, 5.41) is 29.2. The van der Waals surface area contributed by atoms with Crippen LogP contribution in [0.4, 0.5) is 5.13 Å². The van der Waals surface area contributed by atoms with Crippen molar-refractivity contribution in [2.75, 3.05) is 30.4 Å². The van der Waals surface area contributed by atoms with Crippen molar-refractivity contribution in [3.05, 3.63) is 22.3 Å². The van der Waals surface area contributed by atoms with Crippen molar-refractivity contribution in [1.29, 1.82) is 0 Å². The van der Waals surface area contributed by atoms with E-state index in [1.165, 1.54) is 38.5 Å². The molecule has 37 heavy (non-hydrogen) atoms. The number of oxime groups is 1. The van der Waals surface area contributed by atoms with E-state index in [4.69, 9.17) is 22.7 Å². The Kier molecular flexibility index (Phi) is 8.27. The van der Waals surface area contributed by atoms with Gasteiger partial charge in [0, 0.05) is 23.4 Å². The molecule has 1 unspecified atom stereocenters. The molecule has 2 atom stereocenters. The maximum atomic E-state index is 13.0. The van der Waals surface area contributed by atoms with E-state index in [0.29, 0.717) is 29.6 Å². The number of rotatable bonds is 11. The zero-order valence-corrected chi connectivity index (χ0v) is 21.4. The normalized spacial score (nSPS) is 19.2. The lowest BCUT2D eigenvalue weighted by atomic mass is 10.0. The minimum atomic E-state index is -1.25. The summed E-state index contributed by atoms with van der Waals surface area (Å²) < 4.78 is 1.52. The number of carboxylic acids is 1. The molecular weight excluding hydrogens is 544 g/mol. The molecule has 0 spiro atoms. The topological polar surface area (TPSA) is 217 Å². The van der Waals surface area contributed by atoms with E-state index >= 15 is 0 Å². The fourth-order valence-electron chi connectivity index (χ4n) is 3.45. The first-order valence-electron chi connectivity index (χ1n) is 10.5. The number of hydrogen-bond donors (Lipinski definition) is 4. The molecule has 0 radical (unpaired) electrons. The predicted octanol–water partition coefficient (Wildman–Crippen LogP) is -1.44. The minimum absolute atomic E-state index is 0.122. The second-order valence-electron chi connectivity index (χ2n) is 7.37. The summed E-state index contributed by atoms with van der Waals surface area (Å²) in [6.45, 7) is 0.569. The standard InChI is InChI=1S/C19H20N10O5S3/c1-2-5-34-25-11(10-8-36-18(21)22-10)14(30)23-12-15(31)29-13(17(32)33)9(6-35-16(12)29)7-37-19-24-26-27-28(19)4-3-20/h1,8,12,16H,3-7,20H2,(H2,21,22)(H,23,30)(H,32,33)/t12?,16-/m0/s1. The van der Waals surface area contributed by atoms with Crippen LogP contribution in [0.1, 0.15) is 5.69 Å². The van der Waals surface area contributed by atoms with E-state index in [1.54, 1.807) is 0 Å². The summed E-state index contributed by atoms with van der Waals surface area (Å²) in [4.78, 5) is 48.2. The molecule has 18 heteroatoms. The van der Waals surface area contributed by atoms with E-state index < -0.39 is 29.2 Å². The average molecular weight is 565 g/mol. The predicted molar refractivity (Wildman–Crippen MR) is 135 cm³/mol. The van der Waals surface area contributed by atoms with Crippen LogP contribution < -0.4 is 16.8 Å². The third-order valence-electron chi connectivity index (χ3n) is 5.04. The fraction of sp³-hybridized carbons (Fsp3) is 0.368. The van der Waals surface area contributed by atoms with Crippen molar-refractivity contribution >= 4 is 63.5 Å². The van der Waals surface area contributed by atoms with Gasteiger partial charge in [-0.25, -0.2) is 14.5 Å². The number of carboxylic acid groups (broad SMARTS) is 1. The largest absolute Gasteiger partial charge is 0.477 e. The summed E-state index contributed by atoms with van der Waals surface area (Å²) in [7, 11) is 0. The highest BCUT2D eigenvalue weighted by Crippen LogP contribution is 2.41. The zero-order valence-electron chi connectivity index (χ0n) is 18.9. The highest BCUT2D eigenvalue weighted by Gasteiger charge is 2.54. The van der Waals surface area contributed by atoms with Crippen LogP contribution in [-0.4, -0.2) is 94.8 Å². The molecule has 1 fully saturated rings. The van der Waals surface area contributed by atoms with Crippen molar-refractivity contribution in [3.63, 3.8) is 0 Å². The molecule has 0 bridgehead atoms. The molecule has 6 N–H and O–H groups in total. The van der Waals surface area contributed by atoms with E-state index in [1.807, 2.05) is 0 Å². The van der Waals surface area contributed by atoms with Gasteiger partial charge in [0.2, 0.25) is 5.16 Å². The van der Waals surface area contributed by atoms with Gasteiger partial charge in [0.25, 0.3) is 11.8 Å². The molecular formula is C19H20N10O5S3. The van der Waals surface area contributed by atoms with Crippen LogP contribution in [0.15, 0.2) is 27.0 Å². The number of amides is 2. The second-order valence-corrected chi connectivity index (χ2v) is 10.3. The van der Waals surface area contributed by atoms with Crippen molar-refractivity contribution in [2.45, 2.75) is 23.1 Å². The maximum absolute atomic E-state index is 13.0. The molecule has 0 aromatic carbocycles. The van der Waals surface area contributed by atoms with E-state index in [-0.39, 0.29) is 34.6 Å². The average Bonchev–Trinajstić information content (AvgIpc) is 3.51. The summed E-state index contributed by atoms with van der Waals surface area (Å²) in [5.41, 5.74) is 11.6. The molecule has 0 aliphatic carbocycles. The number of tetrazole rings is 1. The Labute approximate surface area is 222 Å². The van der Waals surface area contributed by atoms with Gasteiger partial charge in [0.05, 0.1) is 6.54 Å². The SMILES string of the molecule is C#CCON=C(C(=O)NC1C(=O)N2C(C(=O)O)=C(CSc3nnnn3CCN)CS[C@@H]12)c1csc(N)n1. The van der Waals surface area contributed by atoms with Crippen molar-refractivity contribution < 1.29 is 24.3 Å². The van der Waals surface area contributed by atoms with Crippen LogP contribution in [0.3, 0.4) is 0 Å². The Balaban J connectivity index is 1.48. The molecule has 2 aromatic rings. The molecule has 4 heterocycles. The summed E-state index contributed by atoms with van der Waals surface area (Å²) in [6.07, 6.45) is 5.15. The number of carbonyl (C=O) groups excluding carboxylic acids is 2. The number of aromatic nitrogens is 5. The van der Waals surface area contributed by atoms with Gasteiger partial charge < -0.3 is 26.7 Å². The number of carbonyl (C=O) groups is 3. The van der Waals surface area contributed by atoms with Gasteiger partial charge in [-0.3, -0.25) is 14.5 Å². The molecule has 2 aliphatic rings. The first kappa shape index (κ1) is 26.4. The fourth-order valence-corrected chi connectivity index (χ4v) is 6.39. The number of hydrogen-bond acceptors (Lipinski definition) is 14. The minimum Gasteiger partial charge on any atom is -0.477 e. The lowest BCUT2D eigenvalue weighted by Gasteiger charge is -2.49. The van der Waals surface area contributed by atoms with Crippen molar-refractivity contribution in [1.82, 2.24) is 35.4 Å². The quantitative estimate of drug-likeness (QED) is 0.0614. The van der Waals surface area contributed by atoms with Crippen LogP contribution >= 0.6 is 34.9 Å². The molecule has 194 valence electrons. The van der Waals surface area contributed by atoms with Gasteiger partial charge in [-0.1, -0.05) is 22.8 Å². The lowest BCUT2D eigenvalue weighted by Crippen LogP contribution is -2.71. The Morgan fingerprint density at radius 3 is 2.95 bits per heavy atom. The third kappa shape index (κ3) is 5.53. The van der Waals surface area contributed by atoms with E-state index in [2.05, 4.69) is 36.9 Å². The summed E-state index contributed by atoms with van der Waals surface area (Å²) in [5.74, 6) is 0.243. The van der Waals surface area contributed by atoms with Crippen molar-refractivity contribution in [3.8, 4) is 12.3 Å². The smallest absolute Gasteiger partial charge is 0.352 e. The van der Waals surface area contributed by atoms with Crippen LogP contribution in [0.2, 0.25) is 0 Å². The highest BCUT2D eigenvalue weighted by atomic mass is 32.2. The summed E-state index contributed by atoms with van der Waals surface area (Å²) in [6, 6.07) is -0.980. The van der Waals surface area contributed by atoms with Gasteiger partial charge in [-0.15, -0.1) is 34.6 Å². The number of nitrogens with zero attached hydrogens (tertiary/aromatic N) is 7. The van der Waals surface area contributed by atoms with Crippen LogP contribution in [0.5, 0.6) is 0 Å². The van der Waals surface area contributed by atoms with E-state index in [9.17, 15) is 19.5 Å². The van der Waals surface area contributed by atoms with Gasteiger partial charge in [0.15, 0.2) is 17.5 Å². The number of terminal acetylenes is 1. The highest BCUT2D eigenvalue weighted by molar-refractivity contribution is 8.01. The Morgan fingerprint density at radius 1 is 1.46 bits per heavy atom. The number of nitrogen functional groups attached to an aromatic ring is 1. The molecule has 0 saturated carbocycles. The van der Waals surface area contributed by atoms with Gasteiger partial charge in [0.1, 0.15) is 22.8 Å². The lowest BCUT2D eigenvalue weighted by molar-refractivity contribution is -0.150. The van der Waals surface area contributed by atoms with Gasteiger partial charge >= 0.3 is 5.97 Å². The van der Waals surface area contributed by atoms with Crippen LogP contribution in [-0.2, 0) is 25.8 Å². The first-order valence-corrected chi connectivity index (χ1v) is 13.4. The monoisotopic (exact) mass is 564 g/mol. The number of thiazole rings is 1. The number of nitrogens with two attached hydrogens (primary N) is 2. The van der Waals surface area contributed by atoms with Crippen LogP contribution in [0.25, 0.3) is 0 Å². The molecule has 15 nitrogen and oxygen atoms in total. The molecule has 2 aliphatic heterocycles. The molecule has 2 amide bonds. The number of anilines is 1. The molecule has 1 saturated heterocycles. The molecule has 4 rings (SSSR count). The molecule has 2 aromatic heterocycles. The van der Waals surface area contributed by atoms with E-state index in [0.717, 1.165) is 11.3 Å². The number of β-lactam (4-membered cyclic amide) rings is 1. The number of nitrogens with one attached hydrogen (secondary N) is 1. The number of thioether (sulfide) groups is 2. The van der Waals surface area contributed by atoms with Gasteiger partial charge in [-0.05, 0) is 16.0 Å². The van der Waals surface area contributed by atoms with Crippen molar-refractivity contribution in [2.24, 2.45) is 10.9 Å². The number of aliphatic carboxylic acids is 1. The zero-order chi connectivity index (χ0) is 26.5. The number of fused-ring (bicyclic) bond motifs is 1. The maximum Gasteiger partial charge on any atom is 0.352 e. The Bertz CT molecular complexity index is 1320. The Morgan fingerprint density at radius 2 is 2.27 bits per heavy atom. The second kappa shape index (κ2) is 11.6. The van der Waals surface area contributed by atoms with Gasteiger partial charge in [-0.2, -0.15) is 0 Å². The summed E-state index contributed by atoms with van der Waals surface area (Å²) >= 11 is 3.67. The first-order chi connectivity index (χ1) is 17.8. The van der Waals surface area contributed by atoms with Crippen LogP contribution in [0, 0.1) is 12.3 Å². The Hall–Kier alpha value is -3.66.